The predicted octanol–water partition coefficient (Wildman–Crippen LogP) is 8.00. The number of hydrogen-bond acceptors (Lipinski definition) is 4. The summed E-state index contributed by atoms with van der Waals surface area (Å²) in [6, 6.07) is 7.39. The van der Waals surface area contributed by atoms with E-state index in [1.54, 1.807) is 17.9 Å². The lowest BCUT2D eigenvalue weighted by atomic mass is 9.84. The van der Waals surface area contributed by atoms with E-state index in [2.05, 4.69) is 37.9 Å². The first-order chi connectivity index (χ1) is 17.8. The first kappa shape index (κ1) is 31.8. The van der Waals surface area contributed by atoms with Crippen molar-refractivity contribution in [1.82, 2.24) is 9.80 Å². The Balaban J connectivity index is 0.000000269. The molecule has 5 nitrogen and oxygen atoms in total. The van der Waals surface area contributed by atoms with Crippen molar-refractivity contribution < 1.29 is 13.6 Å². The van der Waals surface area contributed by atoms with Gasteiger partial charge in [-0.1, -0.05) is 35.8 Å². The van der Waals surface area contributed by atoms with Gasteiger partial charge in [0.15, 0.2) is 0 Å². The molecular formula is C30H42ClF2N3O2. The van der Waals surface area contributed by atoms with Crippen molar-refractivity contribution in [3.63, 3.8) is 0 Å². The molecule has 0 aliphatic carbocycles. The van der Waals surface area contributed by atoms with Crippen LogP contribution in [-0.2, 0) is 4.79 Å². The Morgan fingerprint density at radius 2 is 1.76 bits per heavy atom. The number of hydrogen-bond donors (Lipinski definition) is 0. The van der Waals surface area contributed by atoms with E-state index in [4.69, 9.17) is 11.6 Å². The number of likely N-dealkylation sites (tertiary alicyclic amines) is 1. The number of aryl methyl sites for hydroxylation is 1. The molecule has 2 aromatic rings. The van der Waals surface area contributed by atoms with Gasteiger partial charge in [0, 0.05) is 29.7 Å². The molecule has 210 valence electrons. The number of rotatable bonds is 8. The summed E-state index contributed by atoms with van der Waals surface area (Å²) >= 11 is 6.23. The van der Waals surface area contributed by atoms with Crippen molar-refractivity contribution in [3.8, 4) is 0 Å². The molecular weight excluding hydrogens is 508 g/mol. The molecule has 2 aromatic carbocycles. The van der Waals surface area contributed by atoms with Crippen molar-refractivity contribution >= 4 is 18.0 Å². The number of carbonyl (C=O) groups excluding carboxylic acids is 1. The molecule has 0 radical (unpaired) electrons. The molecule has 1 heterocycles. The highest BCUT2D eigenvalue weighted by atomic mass is 35.5. The number of benzene rings is 2. The van der Waals surface area contributed by atoms with E-state index in [1.165, 1.54) is 6.07 Å². The molecule has 0 aromatic heterocycles. The maximum Gasteiger partial charge on any atom is 0.209 e. The van der Waals surface area contributed by atoms with Gasteiger partial charge in [0.2, 0.25) is 6.41 Å². The Bertz CT molecular complexity index is 1080. The summed E-state index contributed by atoms with van der Waals surface area (Å²) in [5, 5.41) is 3.88. The zero-order chi connectivity index (χ0) is 28.6. The van der Waals surface area contributed by atoms with Gasteiger partial charge in [0.05, 0.1) is 0 Å². The molecule has 0 saturated carbocycles. The summed E-state index contributed by atoms with van der Waals surface area (Å²) in [4.78, 5) is 25.7. The van der Waals surface area contributed by atoms with Gasteiger partial charge in [0.25, 0.3) is 0 Å². The van der Waals surface area contributed by atoms with Crippen LogP contribution in [0.1, 0.15) is 94.0 Å². The molecule has 0 bridgehead atoms. The second-order valence-electron chi connectivity index (χ2n) is 11.4. The van der Waals surface area contributed by atoms with Crippen LogP contribution in [0.5, 0.6) is 0 Å². The molecule has 3 rings (SSSR count). The van der Waals surface area contributed by atoms with E-state index in [0.717, 1.165) is 73.1 Å². The minimum Gasteiger partial charge on any atom is -0.345 e. The zero-order valence-electron chi connectivity index (χ0n) is 23.7. The van der Waals surface area contributed by atoms with Crippen LogP contribution in [0, 0.1) is 23.5 Å². The summed E-state index contributed by atoms with van der Waals surface area (Å²) in [5.41, 5.74) is 3.75. The minimum atomic E-state index is -0.518. The summed E-state index contributed by atoms with van der Waals surface area (Å²) in [7, 11) is 2.06. The first-order valence-electron chi connectivity index (χ1n) is 13.3. The largest absolute Gasteiger partial charge is 0.345 e. The minimum absolute atomic E-state index is 0.0930. The molecule has 1 saturated heterocycles. The molecule has 2 atom stereocenters. The van der Waals surface area contributed by atoms with E-state index < -0.39 is 11.6 Å². The lowest BCUT2D eigenvalue weighted by Gasteiger charge is -2.32. The number of piperidine rings is 1. The highest BCUT2D eigenvalue weighted by Gasteiger charge is 2.25. The predicted molar refractivity (Wildman–Crippen MR) is 152 cm³/mol. The van der Waals surface area contributed by atoms with Crippen LogP contribution in [-0.4, -0.2) is 48.4 Å². The van der Waals surface area contributed by atoms with Gasteiger partial charge in [-0.2, -0.15) is 4.91 Å². The van der Waals surface area contributed by atoms with Crippen LogP contribution in [0.4, 0.5) is 8.78 Å². The Kier molecular flexibility index (Phi) is 11.8. The Morgan fingerprint density at radius 1 is 1.13 bits per heavy atom. The zero-order valence-corrected chi connectivity index (χ0v) is 24.5. The second kappa shape index (κ2) is 14.1. The van der Waals surface area contributed by atoms with E-state index in [9.17, 15) is 18.5 Å². The summed E-state index contributed by atoms with van der Waals surface area (Å²) in [6.45, 7) is 14.6. The molecule has 1 aliphatic heterocycles. The third-order valence-electron chi connectivity index (χ3n) is 7.63. The summed E-state index contributed by atoms with van der Waals surface area (Å²) < 4.78 is 26.4. The normalized spacial score (nSPS) is 16.0. The monoisotopic (exact) mass is 549 g/mol. The highest BCUT2D eigenvalue weighted by molar-refractivity contribution is 6.31. The van der Waals surface area contributed by atoms with E-state index in [0.29, 0.717) is 11.5 Å². The van der Waals surface area contributed by atoms with E-state index >= 15 is 0 Å². The average Bonchev–Trinajstić information content (AvgIpc) is 2.87. The van der Waals surface area contributed by atoms with Gasteiger partial charge in [-0.3, -0.25) is 4.79 Å². The van der Waals surface area contributed by atoms with Crippen LogP contribution in [0.25, 0.3) is 0 Å². The van der Waals surface area contributed by atoms with Gasteiger partial charge >= 0.3 is 0 Å². The van der Waals surface area contributed by atoms with Gasteiger partial charge in [0.1, 0.15) is 17.7 Å². The van der Waals surface area contributed by atoms with Crippen molar-refractivity contribution in [3.05, 3.63) is 74.1 Å². The summed E-state index contributed by atoms with van der Waals surface area (Å²) in [6.07, 6.45) is 3.55. The maximum absolute atomic E-state index is 13.6. The lowest BCUT2D eigenvalue weighted by Crippen LogP contribution is -2.38. The van der Waals surface area contributed by atoms with Crippen molar-refractivity contribution in [2.24, 2.45) is 5.18 Å². The molecule has 0 N–H and O–H groups in total. The number of carbonyl (C=O) groups is 1. The average molecular weight is 550 g/mol. The standard InChI is InChI=1S/C15H19ClN2O2.C15H23F2N/c1-10-7-13(11(2)17-20)14(8-15(10)16)12-3-5-18(9-19)6-4-12;1-11(8-9-18(5)15(2,3)4)13-7-6-12(16)10-14(13)17/h7-9,11-12H,3-6H2,1-2H3;6-7,10-11H,8-9H2,1-5H3/t11-;/m0./s1. The topological polar surface area (TPSA) is 53.0 Å². The second-order valence-corrected chi connectivity index (χ2v) is 11.8. The number of nitroso groups, excluding NO2 is 1. The fourth-order valence-electron chi connectivity index (χ4n) is 4.59. The van der Waals surface area contributed by atoms with E-state index in [1.807, 2.05) is 26.0 Å². The molecule has 1 aliphatic rings. The van der Waals surface area contributed by atoms with E-state index in [-0.39, 0.29) is 17.5 Å². The number of halogens is 3. The molecule has 1 fully saturated rings. The molecule has 38 heavy (non-hydrogen) atoms. The molecule has 0 spiro atoms. The van der Waals surface area contributed by atoms with Crippen molar-refractivity contribution in [2.45, 2.75) is 84.2 Å². The quantitative estimate of drug-likeness (QED) is 0.247. The fraction of sp³-hybridized carbons (Fsp3) is 0.567. The lowest BCUT2D eigenvalue weighted by molar-refractivity contribution is -0.119. The van der Waals surface area contributed by atoms with Gasteiger partial charge in [-0.25, -0.2) is 8.78 Å². The molecule has 8 heteroatoms. The highest BCUT2D eigenvalue weighted by Crippen LogP contribution is 2.36. The molecule has 1 unspecified atom stereocenters. The van der Waals surface area contributed by atoms with Crippen LogP contribution < -0.4 is 0 Å². The van der Waals surface area contributed by atoms with Gasteiger partial charge in [-0.15, -0.1) is 0 Å². The fourth-order valence-corrected chi connectivity index (χ4v) is 4.76. The van der Waals surface area contributed by atoms with Crippen LogP contribution >= 0.6 is 11.6 Å². The Morgan fingerprint density at radius 3 is 2.29 bits per heavy atom. The maximum atomic E-state index is 13.6. The van der Waals surface area contributed by atoms with Gasteiger partial charge < -0.3 is 9.80 Å². The smallest absolute Gasteiger partial charge is 0.209 e. The SMILES string of the molecule is CC(CCN(C)C(C)(C)C)c1ccc(F)cc1F.Cc1cc([C@H](C)N=O)c(C2CCN(C=O)CC2)cc1Cl. The first-order valence-corrected chi connectivity index (χ1v) is 13.6. The van der Waals surface area contributed by atoms with Crippen LogP contribution in [0.15, 0.2) is 35.5 Å². The van der Waals surface area contributed by atoms with Crippen LogP contribution in [0.3, 0.4) is 0 Å². The Hall–Kier alpha value is -2.38. The number of nitrogens with zero attached hydrogens (tertiary/aromatic N) is 3. The van der Waals surface area contributed by atoms with Gasteiger partial charge in [-0.05, 0) is 114 Å². The van der Waals surface area contributed by atoms with Crippen molar-refractivity contribution in [1.29, 1.82) is 0 Å². The number of amides is 1. The summed E-state index contributed by atoms with van der Waals surface area (Å²) in [5.74, 6) is -0.532. The third kappa shape index (κ3) is 8.84. The van der Waals surface area contributed by atoms with Crippen LogP contribution in [0.2, 0.25) is 5.02 Å². The van der Waals surface area contributed by atoms with Crippen molar-refractivity contribution in [2.75, 3.05) is 26.7 Å². The third-order valence-corrected chi connectivity index (χ3v) is 8.03. The Labute approximate surface area is 231 Å². The molecule has 1 amide bonds.